The Morgan fingerprint density at radius 1 is 0.971 bits per heavy atom. The second kappa shape index (κ2) is 9.76. The molecular weight excluding hydrogens is 447 g/mol. The van der Waals surface area contributed by atoms with E-state index in [1.165, 1.54) is 6.07 Å². The standard InChI is InChI=1S/C27H27FN4O3/c1-34-21-13-20(14-22(16-21)35-2)26-29-24-8-7-18(15-25(24)30-26)27(33)32-11-9-31(10-12-32)17-19-5-3-4-6-23(19)28/h3-8,13-16H,9-12,17H2,1-2H3,(H,29,30). The summed E-state index contributed by atoms with van der Waals surface area (Å²) in [6.07, 6.45) is 0. The van der Waals surface area contributed by atoms with Crippen molar-refractivity contribution < 1.29 is 18.7 Å². The highest BCUT2D eigenvalue weighted by atomic mass is 19.1. The lowest BCUT2D eigenvalue weighted by atomic mass is 10.1. The molecule has 0 spiro atoms. The zero-order valence-corrected chi connectivity index (χ0v) is 19.8. The van der Waals surface area contributed by atoms with Crippen LogP contribution in [0.3, 0.4) is 0 Å². The van der Waals surface area contributed by atoms with Gasteiger partial charge >= 0.3 is 0 Å². The van der Waals surface area contributed by atoms with Gasteiger partial charge in [0.25, 0.3) is 5.91 Å². The number of imidazole rings is 1. The Morgan fingerprint density at radius 3 is 2.37 bits per heavy atom. The second-order valence-electron chi connectivity index (χ2n) is 8.58. The van der Waals surface area contributed by atoms with Crippen molar-refractivity contribution in [3.8, 4) is 22.9 Å². The molecule has 0 aliphatic carbocycles. The number of fused-ring (bicyclic) bond motifs is 1. The molecule has 1 amide bonds. The van der Waals surface area contributed by atoms with Crippen LogP contribution in [0.5, 0.6) is 11.5 Å². The molecule has 35 heavy (non-hydrogen) atoms. The molecule has 4 aromatic rings. The van der Waals surface area contributed by atoms with Crippen LogP contribution >= 0.6 is 0 Å². The van der Waals surface area contributed by atoms with E-state index in [1.807, 2.05) is 47.4 Å². The van der Waals surface area contributed by atoms with Gasteiger partial charge in [-0.3, -0.25) is 9.69 Å². The van der Waals surface area contributed by atoms with Gasteiger partial charge in [-0.2, -0.15) is 0 Å². The van der Waals surface area contributed by atoms with Crippen molar-refractivity contribution in [3.63, 3.8) is 0 Å². The Kier molecular flexibility index (Phi) is 6.37. The molecule has 1 N–H and O–H groups in total. The minimum absolute atomic E-state index is 0.0170. The van der Waals surface area contributed by atoms with E-state index in [9.17, 15) is 9.18 Å². The van der Waals surface area contributed by atoms with Crippen molar-refractivity contribution in [2.45, 2.75) is 6.54 Å². The average molecular weight is 475 g/mol. The topological polar surface area (TPSA) is 70.7 Å². The van der Waals surface area contributed by atoms with E-state index < -0.39 is 0 Å². The van der Waals surface area contributed by atoms with Gasteiger partial charge in [0, 0.05) is 55.5 Å². The summed E-state index contributed by atoms with van der Waals surface area (Å²) < 4.78 is 24.7. The summed E-state index contributed by atoms with van der Waals surface area (Å²) in [6, 6.07) is 17.9. The molecule has 1 fully saturated rings. The number of H-pyrrole nitrogens is 1. The minimum atomic E-state index is -0.189. The molecular formula is C27H27FN4O3. The zero-order valence-electron chi connectivity index (χ0n) is 19.8. The van der Waals surface area contributed by atoms with Crippen molar-refractivity contribution in [1.82, 2.24) is 19.8 Å². The van der Waals surface area contributed by atoms with Crippen LogP contribution in [0.25, 0.3) is 22.4 Å². The first-order chi connectivity index (χ1) is 17.0. The molecule has 0 saturated carbocycles. The van der Waals surface area contributed by atoms with Gasteiger partial charge in [0.2, 0.25) is 0 Å². The SMILES string of the molecule is COc1cc(OC)cc(-c2nc3ccc(C(=O)N4CCN(Cc5ccccc5F)CC4)cc3[nH]2)c1. The van der Waals surface area contributed by atoms with Gasteiger partial charge in [-0.1, -0.05) is 18.2 Å². The minimum Gasteiger partial charge on any atom is -0.497 e. The number of rotatable bonds is 6. The number of piperazine rings is 1. The fourth-order valence-electron chi connectivity index (χ4n) is 4.38. The molecule has 1 saturated heterocycles. The fourth-order valence-corrected chi connectivity index (χ4v) is 4.38. The Bertz CT molecular complexity index is 1340. The number of hydrogen-bond acceptors (Lipinski definition) is 5. The summed E-state index contributed by atoms with van der Waals surface area (Å²) in [5, 5.41) is 0. The molecule has 1 aromatic heterocycles. The number of nitrogens with one attached hydrogen (secondary N) is 1. The third kappa shape index (κ3) is 4.83. The largest absolute Gasteiger partial charge is 0.497 e. The van der Waals surface area contributed by atoms with Crippen LogP contribution in [0.4, 0.5) is 4.39 Å². The van der Waals surface area contributed by atoms with Crippen LogP contribution in [-0.2, 0) is 6.54 Å². The molecule has 180 valence electrons. The first-order valence-corrected chi connectivity index (χ1v) is 11.5. The molecule has 1 aliphatic heterocycles. The fraction of sp³-hybridized carbons (Fsp3) is 0.259. The Labute approximate surface area is 203 Å². The number of carbonyl (C=O) groups excluding carboxylic acids is 1. The summed E-state index contributed by atoms with van der Waals surface area (Å²) in [5.74, 6) is 1.81. The predicted octanol–water partition coefficient (Wildman–Crippen LogP) is 4.34. The molecule has 0 radical (unpaired) electrons. The number of halogens is 1. The van der Waals surface area contributed by atoms with E-state index in [0.717, 1.165) is 16.6 Å². The quantitative estimate of drug-likeness (QED) is 0.450. The molecule has 0 unspecified atom stereocenters. The monoisotopic (exact) mass is 474 g/mol. The number of nitrogens with zero attached hydrogens (tertiary/aromatic N) is 3. The van der Waals surface area contributed by atoms with Gasteiger partial charge in [0.15, 0.2) is 0 Å². The van der Waals surface area contributed by atoms with E-state index in [-0.39, 0.29) is 11.7 Å². The third-order valence-electron chi connectivity index (χ3n) is 6.37. The van der Waals surface area contributed by atoms with Crippen LogP contribution in [0.15, 0.2) is 60.7 Å². The summed E-state index contributed by atoms with van der Waals surface area (Å²) in [6.45, 7) is 3.15. The highest BCUT2D eigenvalue weighted by molar-refractivity contribution is 5.97. The lowest BCUT2D eigenvalue weighted by molar-refractivity contribution is 0.0627. The van der Waals surface area contributed by atoms with E-state index in [0.29, 0.717) is 61.2 Å². The van der Waals surface area contributed by atoms with Crippen molar-refractivity contribution in [1.29, 1.82) is 0 Å². The molecule has 0 bridgehead atoms. The van der Waals surface area contributed by atoms with Crippen molar-refractivity contribution in [2.24, 2.45) is 0 Å². The van der Waals surface area contributed by atoms with E-state index in [1.54, 1.807) is 26.4 Å². The van der Waals surface area contributed by atoms with Gasteiger partial charge in [-0.15, -0.1) is 0 Å². The van der Waals surface area contributed by atoms with Gasteiger partial charge in [0.1, 0.15) is 23.1 Å². The van der Waals surface area contributed by atoms with E-state index in [4.69, 9.17) is 9.47 Å². The number of amides is 1. The number of hydrogen-bond donors (Lipinski definition) is 1. The van der Waals surface area contributed by atoms with E-state index in [2.05, 4.69) is 14.9 Å². The van der Waals surface area contributed by atoms with Crippen LogP contribution in [0.2, 0.25) is 0 Å². The predicted molar refractivity (Wildman–Crippen MR) is 132 cm³/mol. The summed E-state index contributed by atoms with van der Waals surface area (Å²) in [4.78, 5) is 25.2. The van der Waals surface area contributed by atoms with Crippen LogP contribution in [-0.4, -0.2) is 66.1 Å². The number of carbonyl (C=O) groups is 1. The van der Waals surface area contributed by atoms with Crippen molar-refractivity contribution in [2.75, 3.05) is 40.4 Å². The van der Waals surface area contributed by atoms with Crippen LogP contribution < -0.4 is 9.47 Å². The maximum atomic E-state index is 14.0. The maximum absolute atomic E-state index is 14.0. The number of benzene rings is 3. The number of methoxy groups -OCH3 is 2. The number of aromatic nitrogens is 2. The van der Waals surface area contributed by atoms with Gasteiger partial charge in [-0.05, 0) is 36.4 Å². The average Bonchev–Trinajstić information content (AvgIpc) is 3.33. The third-order valence-corrected chi connectivity index (χ3v) is 6.37. The Morgan fingerprint density at radius 2 is 1.69 bits per heavy atom. The van der Waals surface area contributed by atoms with E-state index >= 15 is 0 Å². The smallest absolute Gasteiger partial charge is 0.254 e. The van der Waals surface area contributed by atoms with Crippen molar-refractivity contribution >= 4 is 16.9 Å². The highest BCUT2D eigenvalue weighted by Gasteiger charge is 2.23. The molecule has 1 aliphatic rings. The Balaban J connectivity index is 1.29. The summed E-state index contributed by atoms with van der Waals surface area (Å²) in [7, 11) is 3.21. The van der Waals surface area contributed by atoms with Gasteiger partial charge in [0.05, 0.1) is 25.3 Å². The first-order valence-electron chi connectivity index (χ1n) is 11.5. The normalized spacial score (nSPS) is 14.3. The number of ether oxygens (including phenoxy) is 2. The van der Waals surface area contributed by atoms with Crippen molar-refractivity contribution in [3.05, 3.63) is 77.6 Å². The molecule has 8 heteroatoms. The molecule has 3 aromatic carbocycles. The summed E-state index contributed by atoms with van der Waals surface area (Å²) in [5.41, 5.74) is 3.68. The lowest BCUT2D eigenvalue weighted by Gasteiger charge is -2.34. The van der Waals surface area contributed by atoms with Gasteiger partial charge in [-0.25, -0.2) is 9.37 Å². The van der Waals surface area contributed by atoms with Gasteiger partial charge < -0.3 is 19.4 Å². The highest BCUT2D eigenvalue weighted by Crippen LogP contribution is 2.30. The van der Waals surface area contributed by atoms with Crippen LogP contribution in [0, 0.1) is 5.82 Å². The number of aromatic amines is 1. The lowest BCUT2D eigenvalue weighted by Crippen LogP contribution is -2.48. The Hall–Kier alpha value is -3.91. The zero-order chi connectivity index (χ0) is 24.4. The maximum Gasteiger partial charge on any atom is 0.254 e. The first kappa shape index (κ1) is 22.9. The molecule has 7 nitrogen and oxygen atoms in total. The summed E-state index contributed by atoms with van der Waals surface area (Å²) >= 11 is 0. The molecule has 2 heterocycles. The molecule has 5 rings (SSSR count). The van der Waals surface area contributed by atoms with Crippen LogP contribution in [0.1, 0.15) is 15.9 Å². The second-order valence-corrected chi connectivity index (χ2v) is 8.58. The molecule has 0 atom stereocenters.